The highest BCUT2D eigenvalue weighted by Gasteiger charge is 2.48. The minimum Gasteiger partial charge on any atom is -0.298 e. The Hall–Kier alpha value is -0.590. The summed E-state index contributed by atoms with van der Waals surface area (Å²) in [4.78, 5) is 12.4. The number of rotatable bonds is 1. The van der Waals surface area contributed by atoms with Gasteiger partial charge in [0, 0.05) is 11.3 Å². The van der Waals surface area contributed by atoms with Crippen molar-refractivity contribution >= 4 is 5.78 Å². The summed E-state index contributed by atoms with van der Waals surface area (Å²) in [6.07, 6.45) is 5.59. The van der Waals surface area contributed by atoms with Crippen molar-refractivity contribution < 1.29 is 4.79 Å². The van der Waals surface area contributed by atoms with Crippen LogP contribution in [0.1, 0.15) is 47.0 Å². The van der Waals surface area contributed by atoms with Crippen molar-refractivity contribution in [1.29, 1.82) is 0 Å². The molecule has 0 aromatic rings. The molecule has 0 amide bonds. The van der Waals surface area contributed by atoms with Gasteiger partial charge in [0.15, 0.2) is 0 Å². The number of carbonyl (C=O) groups excluding carboxylic acids is 1. The molecule has 1 heteroatoms. The van der Waals surface area contributed by atoms with E-state index >= 15 is 0 Å². The third kappa shape index (κ3) is 1.47. The number of allylic oxidation sites excluding steroid dienone is 2. The van der Waals surface area contributed by atoms with Gasteiger partial charge in [-0.2, -0.15) is 0 Å². The van der Waals surface area contributed by atoms with Crippen LogP contribution in [0.5, 0.6) is 0 Å². The molecule has 3 unspecified atom stereocenters. The zero-order valence-electron chi connectivity index (χ0n) is 10.3. The molecule has 2 rings (SSSR count). The second-order valence-electron chi connectivity index (χ2n) is 5.87. The van der Waals surface area contributed by atoms with Gasteiger partial charge in [-0.15, -0.1) is 0 Å². The second-order valence-corrected chi connectivity index (χ2v) is 5.87. The molecular formula is C14H22O. The Labute approximate surface area is 92.9 Å². The van der Waals surface area contributed by atoms with E-state index < -0.39 is 0 Å². The predicted molar refractivity (Wildman–Crippen MR) is 62.5 cm³/mol. The summed E-state index contributed by atoms with van der Waals surface area (Å²) < 4.78 is 0. The van der Waals surface area contributed by atoms with Crippen molar-refractivity contribution in [3.05, 3.63) is 11.6 Å². The Morgan fingerprint density at radius 3 is 2.73 bits per heavy atom. The van der Waals surface area contributed by atoms with Crippen molar-refractivity contribution in [3.8, 4) is 0 Å². The topological polar surface area (TPSA) is 17.1 Å². The summed E-state index contributed by atoms with van der Waals surface area (Å²) in [6.45, 7) is 8.78. The first-order chi connectivity index (χ1) is 6.97. The minimum atomic E-state index is -0.117. The number of ketones is 1. The largest absolute Gasteiger partial charge is 0.298 e. The van der Waals surface area contributed by atoms with E-state index in [0.717, 1.165) is 12.8 Å². The smallest absolute Gasteiger partial charge is 0.146 e. The first-order valence-corrected chi connectivity index (χ1v) is 6.18. The molecule has 0 radical (unpaired) electrons. The molecule has 1 nitrogen and oxygen atoms in total. The number of fused-ring (bicyclic) bond motifs is 2. The molecule has 0 aromatic heterocycles. The van der Waals surface area contributed by atoms with E-state index in [-0.39, 0.29) is 5.41 Å². The third-order valence-electron chi connectivity index (χ3n) is 4.78. The number of hydrogen-bond donors (Lipinski definition) is 0. The summed E-state index contributed by atoms with van der Waals surface area (Å²) in [5.74, 6) is 2.10. The van der Waals surface area contributed by atoms with E-state index in [0.29, 0.717) is 23.5 Å². The van der Waals surface area contributed by atoms with Gasteiger partial charge < -0.3 is 0 Å². The Morgan fingerprint density at radius 1 is 1.47 bits per heavy atom. The van der Waals surface area contributed by atoms with Crippen molar-refractivity contribution in [2.45, 2.75) is 47.0 Å². The first-order valence-electron chi connectivity index (χ1n) is 6.18. The van der Waals surface area contributed by atoms with Crippen molar-refractivity contribution in [1.82, 2.24) is 0 Å². The van der Waals surface area contributed by atoms with Crippen LogP contribution in [-0.2, 0) is 4.79 Å². The summed E-state index contributed by atoms with van der Waals surface area (Å²) in [5.41, 5.74) is 1.19. The minimum absolute atomic E-state index is 0.117. The maximum atomic E-state index is 12.4. The highest BCUT2D eigenvalue weighted by atomic mass is 16.1. The predicted octanol–water partition coefficient (Wildman–Crippen LogP) is 3.59. The molecule has 1 fully saturated rings. The Morgan fingerprint density at radius 2 is 2.13 bits per heavy atom. The van der Waals surface area contributed by atoms with Crippen LogP contribution in [0, 0.1) is 23.2 Å². The zero-order valence-corrected chi connectivity index (χ0v) is 10.3. The third-order valence-corrected chi connectivity index (χ3v) is 4.78. The lowest BCUT2D eigenvalue weighted by Crippen LogP contribution is -2.46. The summed E-state index contributed by atoms with van der Waals surface area (Å²) in [5, 5.41) is 0. The van der Waals surface area contributed by atoms with E-state index in [2.05, 4.69) is 33.8 Å². The van der Waals surface area contributed by atoms with Crippen LogP contribution < -0.4 is 0 Å². The van der Waals surface area contributed by atoms with E-state index in [1.807, 2.05) is 0 Å². The molecule has 1 saturated carbocycles. The van der Waals surface area contributed by atoms with Gasteiger partial charge >= 0.3 is 0 Å². The molecule has 0 saturated heterocycles. The summed E-state index contributed by atoms with van der Waals surface area (Å²) in [7, 11) is 0. The molecular weight excluding hydrogens is 184 g/mol. The van der Waals surface area contributed by atoms with Crippen LogP contribution in [0.3, 0.4) is 0 Å². The Kier molecular flexibility index (Phi) is 2.52. The van der Waals surface area contributed by atoms with Crippen LogP contribution in [0.4, 0.5) is 0 Å². The molecule has 2 aliphatic rings. The van der Waals surface area contributed by atoms with Gasteiger partial charge in [-0.25, -0.2) is 0 Å². The molecule has 0 N–H and O–H groups in total. The lowest BCUT2D eigenvalue weighted by atomic mass is 9.56. The molecule has 2 bridgehead atoms. The standard InChI is InChI=1S/C14H22O/c1-9(2)11-7-8-14(4)10(3)5-6-12(11)13(14)15/h5,9,11-12H,6-8H2,1-4H3. The van der Waals surface area contributed by atoms with E-state index in [9.17, 15) is 4.79 Å². The fourth-order valence-electron chi connectivity index (χ4n) is 3.38. The van der Waals surface area contributed by atoms with Crippen LogP contribution >= 0.6 is 0 Å². The molecule has 0 aromatic carbocycles. The average molecular weight is 206 g/mol. The Balaban J connectivity index is 2.34. The zero-order chi connectivity index (χ0) is 11.2. The average Bonchev–Trinajstić information content (AvgIpc) is 2.16. The molecule has 0 heterocycles. The number of carbonyl (C=O) groups is 1. The summed E-state index contributed by atoms with van der Waals surface area (Å²) in [6, 6.07) is 0. The molecule has 15 heavy (non-hydrogen) atoms. The molecule has 0 aliphatic heterocycles. The normalized spacial score (nSPS) is 40.6. The fraction of sp³-hybridized carbons (Fsp3) is 0.786. The Bertz CT molecular complexity index is 313. The summed E-state index contributed by atoms with van der Waals surface area (Å²) >= 11 is 0. The van der Waals surface area contributed by atoms with Gasteiger partial charge in [0.1, 0.15) is 5.78 Å². The van der Waals surface area contributed by atoms with Gasteiger partial charge in [-0.3, -0.25) is 4.79 Å². The maximum absolute atomic E-state index is 12.4. The van der Waals surface area contributed by atoms with Crippen LogP contribution in [0.25, 0.3) is 0 Å². The van der Waals surface area contributed by atoms with Crippen molar-refractivity contribution in [2.75, 3.05) is 0 Å². The second kappa shape index (κ2) is 3.47. The van der Waals surface area contributed by atoms with Gasteiger partial charge in [-0.1, -0.05) is 25.5 Å². The highest BCUT2D eigenvalue weighted by molar-refractivity contribution is 5.91. The lowest BCUT2D eigenvalue weighted by Gasteiger charge is -2.46. The van der Waals surface area contributed by atoms with E-state index in [1.54, 1.807) is 0 Å². The lowest BCUT2D eigenvalue weighted by molar-refractivity contribution is -0.137. The highest BCUT2D eigenvalue weighted by Crippen LogP contribution is 2.50. The van der Waals surface area contributed by atoms with Crippen LogP contribution in [0.15, 0.2) is 11.6 Å². The quantitative estimate of drug-likeness (QED) is 0.599. The van der Waals surface area contributed by atoms with Gasteiger partial charge in [0.2, 0.25) is 0 Å². The number of hydrogen-bond acceptors (Lipinski definition) is 1. The van der Waals surface area contributed by atoms with E-state index in [4.69, 9.17) is 0 Å². The molecule has 3 atom stereocenters. The van der Waals surface area contributed by atoms with Crippen molar-refractivity contribution in [3.63, 3.8) is 0 Å². The molecule has 0 spiro atoms. The van der Waals surface area contributed by atoms with Gasteiger partial charge in [0.05, 0.1) is 0 Å². The van der Waals surface area contributed by atoms with Crippen molar-refractivity contribution in [2.24, 2.45) is 23.2 Å². The monoisotopic (exact) mass is 206 g/mol. The van der Waals surface area contributed by atoms with Gasteiger partial charge in [-0.05, 0) is 44.9 Å². The fourth-order valence-corrected chi connectivity index (χ4v) is 3.38. The maximum Gasteiger partial charge on any atom is 0.146 e. The van der Waals surface area contributed by atoms with E-state index in [1.165, 1.54) is 12.0 Å². The molecule has 2 aliphatic carbocycles. The van der Waals surface area contributed by atoms with Gasteiger partial charge in [0.25, 0.3) is 0 Å². The number of Topliss-reactive ketones (excluding diaryl/α,β-unsaturated/α-hetero) is 1. The van der Waals surface area contributed by atoms with Crippen LogP contribution in [0.2, 0.25) is 0 Å². The first kappa shape index (κ1) is 10.9. The SMILES string of the molecule is CC1=CCC2C(=O)C1(C)CCC2C(C)C. The molecule has 84 valence electrons. The van der Waals surface area contributed by atoms with Crippen LogP contribution in [-0.4, -0.2) is 5.78 Å².